The van der Waals surface area contributed by atoms with Gasteiger partial charge in [-0.25, -0.2) is 0 Å². The Labute approximate surface area is 627 Å². The van der Waals surface area contributed by atoms with Crippen LogP contribution < -0.4 is 62.0 Å². The van der Waals surface area contributed by atoms with Gasteiger partial charge in [0.15, 0.2) is 0 Å². The van der Waals surface area contributed by atoms with Crippen LogP contribution >= 0.6 is 0 Å². The molecule has 22 rings (SSSR count). The van der Waals surface area contributed by atoms with Crippen LogP contribution in [0.4, 0.5) is 85.3 Å². The number of fused-ring (bicyclic) bond motifs is 14. The van der Waals surface area contributed by atoms with E-state index in [1.807, 2.05) is 0 Å². The molecule has 4 aliphatic rings. The standard InChI is InChI=1S/C96H61B2N5OSe2/c1-7-28-62(29-8-1)72-42-27-43-73(63-30-9-2-10-31-63)96(72)103-84-61-88-81(98-79-45-22-23-46-82(79)101(67-38-17-6-18-39-67)87-58-71(59-89(104-88)95(87)98)99(64-32-11-3-12-33-64)65-34-13-4-14-35-65)60-80(84)97-78-44-21-24-47-83(78)102(69-51-53-93-77(55-69)75-41-20-26-49-91(75)106-93)85-56-70(57-86(103)94(85)97)100(66-36-15-5-16-37-66)68-50-52-92-76(54-68)74-40-19-25-48-90(74)105-92/h1-61H. The van der Waals surface area contributed by atoms with E-state index in [9.17, 15) is 0 Å². The fourth-order valence-electron chi connectivity index (χ4n) is 17.6. The van der Waals surface area contributed by atoms with Crippen molar-refractivity contribution < 1.29 is 4.74 Å². The Morgan fingerprint density at radius 1 is 0.245 bits per heavy atom. The number of rotatable bonds is 11. The molecule has 0 atom stereocenters. The number of ether oxygens (including phenoxy) is 1. The van der Waals surface area contributed by atoms with Crippen LogP contribution in [0, 0.1) is 0 Å². The Hall–Kier alpha value is -12.5. The van der Waals surface area contributed by atoms with Crippen LogP contribution in [0.1, 0.15) is 0 Å². The average molecular weight is 1480 g/mol. The van der Waals surface area contributed by atoms with E-state index in [1.54, 1.807) is 0 Å². The van der Waals surface area contributed by atoms with Crippen LogP contribution in [-0.2, 0) is 0 Å². The molecule has 0 spiro atoms. The Balaban J connectivity index is 0.869. The fourth-order valence-corrected chi connectivity index (χ4v) is 22.1. The average Bonchev–Trinajstić information content (AvgIpc) is 0.744. The molecule has 10 heteroatoms. The maximum atomic E-state index is 8.01. The molecule has 2 aromatic heterocycles. The molecule has 0 N–H and O–H groups in total. The van der Waals surface area contributed by atoms with Gasteiger partial charge in [-0.3, -0.25) is 0 Å². The van der Waals surface area contributed by atoms with Crippen LogP contribution in [-0.4, -0.2) is 42.4 Å². The Bertz CT molecular complexity index is 6460. The summed E-state index contributed by atoms with van der Waals surface area (Å²) >= 11 is 0.378. The van der Waals surface area contributed by atoms with Gasteiger partial charge >= 0.3 is 373 Å². The summed E-state index contributed by atoms with van der Waals surface area (Å²) in [5.74, 6) is 1.63. The normalized spacial score (nSPS) is 12.9. The van der Waals surface area contributed by atoms with Gasteiger partial charge in [0.05, 0.1) is 5.69 Å². The summed E-state index contributed by atoms with van der Waals surface area (Å²) in [5, 5.41) is 5.26. The molecule has 0 radical (unpaired) electrons. The topological polar surface area (TPSA) is 25.4 Å². The van der Waals surface area contributed by atoms with E-state index in [0.29, 0.717) is 0 Å². The first-order chi connectivity index (χ1) is 52.6. The van der Waals surface area contributed by atoms with E-state index >= 15 is 0 Å². The van der Waals surface area contributed by atoms with Gasteiger partial charge in [-0.1, -0.05) is 140 Å². The van der Waals surface area contributed by atoms with Crippen molar-refractivity contribution in [2.45, 2.75) is 0 Å². The summed E-state index contributed by atoms with van der Waals surface area (Å²) in [6, 6.07) is 138. The quantitative estimate of drug-likeness (QED) is 0.120. The van der Waals surface area contributed by atoms with Gasteiger partial charge in [-0.15, -0.1) is 0 Å². The maximum absolute atomic E-state index is 8.01. The molecule has 4 aliphatic heterocycles. The van der Waals surface area contributed by atoms with Crippen LogP contribution in [0.25, 0.3) is 60.8 Å². The van der Waals surface area contributed by atoms with Gasteiger partial charge in [0.1, 0.15) is 5.75 Å². The number of nitrogens with zero attached hydrogens (tertiary/aromatic N) is 5. The van der Waals surface area contributed by atoms with Gasteiger partial charge in [0.25, 0.3) is 0 Å². The molecule has 6 heterocycles. The molecule has 106 heavy (non-hydrogen) atoms. The summed E-state index contributed by atoms with van der Waals surface area (Å²) in [6.45, 7) is -0.492. The zero-order chi connectivity index (χ0) is 69.5. The summed E-state index contributed by atoms with van der Waals surface area (Å²) < 4.78 is 13.7. The van der Waals surface area contributed by atoms with Crippen LogP contribution in [0.15, 0.2) is 370 Å². The molecule has 6 nitrogen and oxygen atoms in total. The van der Waals surface area contributed by atoms with Crippen LogP contribution in [0.2, 0.25) is 0 Å². The van der Waals surface area contributed by atoms with Crippen molar-refractivity contribution in [2.75, 3.05) is 24.5 Å². The Kier molecular flexibility index (Phi) is 14.1. The van der Waals surface area contributed by atoms with Crippen LogP contribution in [0.5, 0.6) is 11.5 Å². The monoisotopic (exact) mass is 1480 g/mol. The molecular formula is C96H61B2N5OSe2. The zero-order valence-electron chi connectivity index (χ0n) is 57.3. The minimum atomic E-state index is -0.261. The molecule has 0 saturated carbocycles. The summed E-state index contributed by atoms with van der Waals surface area (Å²) in [7, 11) is 0. The molecule has 0 fully saturated rings. The van der Waals surface area contributed by atoms with E-state index in [2.05, 4.69) is 395 Å². The molecular weight excluding hydrogens is 1420 g/mol. The van der Waals surface area contributed by atoms with Crippen molar-refractivity contribution in [3.63, 3.8) is 0 Å². The van der Waals surface area contributed by atoms with Crippen molar-refractivity contribution in [1.82, 2.24) is 0 Å². The van der Waals surface area contributed by atoms with Gasteiger partial charge in [0.2, 0.25) is 0 Å². The molecule has 0 unspecified atom stereocenters. The Morgan fingerprint density at radius 3 is 1.27 bits per heavy atom. The molecule has 0 bridgehead atoms. The number of para-hydroxylation sites is 7. The first kappa shape index (κ1) is 61.0. The van der Waals surface area contributed by atoms with E-state index in [4.69, 9.17) is 4.74 Å². The van der Waals surface area contributed by atoms with Crippen molar-refractivity contribution >= 4 is 199 Å². The molecule has 18 aromatic rings. The predicted octanol–water partition coefficient (Wildman–Crippen LogP) is 21.2. The third kappa shape index (κ3) is 9.59. The SMILES string of the molecule is c1ccc(-c2cccc(-c3ccccc3)c2N2c3cc4c(cc3B3c5ccccc5N(c5ccc6[se]c7ccccc7c6c5)c5cc(N(c6ccccc6)c6ccc7[se]c8ccccc8c7c6)cc2c53)B2c3ccccc3N(c3ccccc3)c3cc(N(c5ccccc5)c5ccccc5)cc(c32)O4)cc1. The van der Waals surface area contributed by atoms with E-state index < -0.39 is 0 Å². The molecule has 0 aliphatic carbocycles. The summed E-state index contributed by atoms with van der Waals surface area (Å²) in [5.41, 5.74) is 27.7. The second kappa shape index (κ2) is 24.6. The number of anilines is 15. The summed E-state index contributed by atoms with van der Waals surface area (Å²) in [6.07, 6.45) is 0. The van der Waals surface area contributed by atoms with Crippen molar-refractivity contribution in [1.29, 1.82) is 0 Å². The van der Waals surface area contributed by atoms with Crippen molar-refractivity contribution in [3.05, 3.63) is 370 Å². The molecule has 0 amide bonds. The van der Waals surface area contributed by atoms with E-state index in [1.165, 1.54) is 60.4 Å². The van der Waals surface area contributed by atoms with Crippen molar-refractivity contribution in [3.8, 4) is 33.8 Å². The molecule has 0 saturated heterocycles. The first-order valence-corrected chi connectivity index (χ1v) is 39.7. The Morgan fingerprint density at radius 2 is 0.689 bits per heavy atom. The van der Waals surface area contributed by atoms with E-state index in [-0.39, 0.29) is 42.4 Å². The number of benzene rings is 16. The minimum absolute atomic E-state index is 0.185. The van der Waals surface area contributed by atoms with Crippen molar-refractivity contribution in [2.24, 2.45) is 0 Å². The third-order valence-electron chi connectivity index (χ3n) is 22.0. The first-order valence-electron chi connectivity index (χ1n) is 36.3. The van der Waals surface area contributed by atoms with Gasteiger partial charge in [0, 0.05) is 34.5 Å². The van der Waals surface area contributed by atoms with E-state index in [0.717, 1.165) is 130 Å². The molecule has 494 valence electrons. The second-order valence-corrected chi connectivity index (χ2v) is 32.4. The van der Waals surface area contributed by atoms with Gasteiger partial charge < -0.3 is 14.5 Å². The fraction of sp³-hybridized carbons (Fsp3) is 0. The second-order valence-electron chi connectivity index (χ2n) is 27.8. The smallest absolute Gasteiger partial charge is 0.458 e. The number of hydrogen-bond donors (Lipinski definition) is 0. The molecule has 16 aromatic carbocycles. The third-order valence-corrected chi connectivity index (χ3v) is 26.8. The predicted molar refractivity (Wildman–Crippen MR) is 450 cm³/mol. The van der Waals surface area contributed by atoms with Gasteiger partial charge in [-0.2, -0.15) is 0 Å². The van der Waals surface area contributed by atoms with Crippen LogP contribution in [0.3, 0.4) is 0 Å². The zero-order valence-corrected chi connectivity index (χ0v) is 60.8. The van der Waals surface area contributed by atoms with Gasteiger partial charge in [-0.05, 0) is 59.5 Å². The minimum Gasteiger partial charge on any atom is -0.458 e. The summed E-state index contributed by atoms with van der Waals surface area (Å²) in [4.78, 5) is 12.6. The number of hydrogen-bond acceptors (Lipinski definition) is 6.